The quantitative estimate of drug-likeness (QED) is 0.479. The van der Waals surface area contributed by atoms with Gasteiger partial charge >= 0.3 is 5.97 Å². The van der Waals surface area contributed by atoms with E-state index in [1.807, 2.05) is 0 Å². The molecule has 0 unspecified atom stereocenters. The topological polar surface area (TPSA) is 43.4 Å². The number of hydrogen-bond acceptors (Lipinski definition) is 3. The molecule has 3 rings (SSSR count). The highest BCUT2D eigenvalue weighted by molar-refractivity contribution is 5.96. The van der Waals surface area contributed by atoms with E-state index in [0.29, 0.717) is 17.6 Å². The summed E-state index contributed by atoms with van der Waals surface area (Å²) in [5.74, 6) is 1.35. The van der Waals surface area contributed by atoms with Gasteiger partial charge in [0.1, 0.15) is 5.76 Å². The van der Waals surface area contributed by atoms with Gasteiger partial charge in [0.15, 0.2) is 5.78 Å². The standard InChI is InChI=1S/C12H12O3/c1-6(13)15-10-5-9(14)11-7-2-3-8(4-7)12(10)11/h2-3,5,7-8,11-12H,4H2,1H3/t7-,8+,11+,12-/m1/s1. The van der Waals surface area contributed by atoms with E-state index in [9.17, 15) is 9.59 Å². The van der Waals surface area contributed by atoms with E-state index in [1.54, 1.807) is 0 Å². The Morgan fingerprint density at radius 3 is 2.67 bits per heavy atom. The number of carbonyl (C=O) groups is 2. The van der Waals surface area contributed by atoms with E-state index in [1.165, 1.54) is 13.0 Å². The third kappa shape index (κ3) is 1.12. The maximum atomic E-state index is 11.7. The Kier molecular flexibility index (Phi) is 1.67. The number of hydrogen-bond donors (Lipinski definition) is 0. The molecule has 3 aliphatic rings. The van der Waals surface area contributed by atoms with Crippen molar-refractivity contribution in [3.63, 3.8) is 0 Å². The Morgan fingerprint density at radius 1 is 1.33 bits per heavy atom. The summed E-state index contributed by atoms with van der Waals surface area (Å²) < 4.78 is 5.12. The van der Waals surface area contributed by atoms with Crippen LogP contribution in [0, 0.1) is 23.7 Å². The molecule has 78 valence electrons. The van der Waals surface area contributed by atoms with Gasteiger partial charge in [-0.25, -0.2) is 0 Å². The van der Waals surface area contributed by atoms with Gasteiger partial charge in [-0.2, -0.15) is 0 Å². The molecule has 0 saturated heterocycles. The minimum Gasteiger partial charge on any atom is -0.431 e. The fourth-order valence-corrected chi connectivity index (χ4v) is 3.19. The van der Waals surface area contributed by atoms with Gasteiger partial charge < -0.3 is 4.74 Å². The zero-order valence-electron chi connectivity index (χ0n) is 8.47. The molecule has 3 heteroatoms. The summed E-state index contributed by atoms with van der Waals surface area (Å²) in [7, 11) is 0. The first kappa shape index (κ1) is 8.89. The fraction of sp³-hybridized carbons (Fsp3) is 0.500. The van der Waals surface area contributed by atoms with Crippen molar-refractivity contribution in [1.29, 1.82) is 0 Å². The lowest BCUT2D eigenvalue weighted by molar-refractivity contribution is -0.138. The number of fused-ring (bicyclic) bond motifs is 5. The first-order chi connectivity index (χ1) is 7.16. The Morgan fingerprint density at radius 2 is 2.00 bits per heavy atom. The van der Waals surface area contributed by atoms with Crippen molar-refractivity contribution in [2.75, 3.05) is 0 Å². The Bertz CT molecular complexity index is 405. The van der Waals surface area contributed by atoms with Crippen molar-refractivity contribution in [2.24, 2.45) is 23.7 Å². The molecule has 3 nitrogen and oxygen atoms in total. The van der Waals surface area contributed by atoms with E-state index in [2.05, 4.69) is 12.2 Å². The molecule has 4 atom stereocenters. The summed E-state index contributed by atoms with van der Waals surface area (Å²) in [6, 6.07) is 0. The summed E-state index contributed by atoms with van der Waals surface area (Å²) in [6.45, 7) is 1.38. The monoisotopic (exact) mass is 204 g/mol. The van der Waals surface area contributed by atoms with Crippen LogP contribution in [0.2, 0.25) is 0 Å². The van der Waals surface area contributed by atoms with Crippen molar-refractivity contribution in [3.05, 3.63) is 24.0 Å². The molecule has 3 aliphatic carbocycles. The van der Waals surface area contributed by atoms with Crippen LogP contribution in [0.25, 0.3) is 0 Å². The minimum absolute atomic E-state index is 0.0503. The molecule has 1 fully saturated rings. The van der Waals surface area contributed by atoms with Crippen LogP contribution in [0.5, 0.6) is 0 Å². The first-order valence-corrected chi connectivity index (χ1v) is 5.29. The molecule has 1 saturated carbocycles. The van der Waals surface area contributed by atoms with Gasteiger partial charge in [0.05, 0.1) is 0 Å². The maximum absolute atomic E-state index is 11.7. The molecule has 0 aliphatic heterocycles. The lowest BCUT2D eigenvalue weighted by atomic mass is 9.84. The average molecular weight is 204 g/mol. The third-order valence-electron chi connectivity index (χ3n) is 3.66. The third-order valence-corrected chi connectivity index (χ3v) is 3.66. The summed E-state index contributed by atoms with van der Waals surface area (Å²) in [5, 5.41) is 0. The zero-order chi connectivity index (χ0) is 10.6. The van der Waals surface area contributed by atoms with E-state index in [0.717, 1.165) is 6.42 Å². The average Bonchev–Trinajstić information content (AvgIpc) is 2.78. The van der Waals surface area contributed by atoms with Crippen LogP contribution < -0.4 is 0 Å². The predicted molar refractivity (Wildman–Crippen MR) is 52.6 cm³/mol. The van der Waals surface area contributed by atoms with Crippen molar-refractivity contribution in [3.8, 4) is 0 Å². The highest BCUT2D eigenvalue weighted by Crippen LogP contribution is 2.54. The molecule has 15 heavy (non-hydrogen) atoms. The van der Waals surface area contributed by atoms with E-state index < -0.39 is 0 Å². The second kappa shape index (κ2) is 2.81. The molecule has 0 heterocycles. The molecule has 0 N–H and O–H groups in total. The van der Waals surface area contributed by atoms with Gasteiger partial charge in [0, 0.05) is 24.8 Å². The number of allylic oxidation sites excluding steroid dienone is 4. The summed E-state index contributed by atoms with van der Waals surface area (Å²) in [6.07, 6.45) is 6.85. The smallest absolute Gasteiger partial charge is 0.307 e. The van der Waals surface area contributed by atoms with E-state index in [4.69, 9.17) is 4.74 Å². The Hall–Kier alpha value is -1.38. The number of esters is 1. The molecule has 0 amide bonds. The highest BCUT2D eigenvalue weighted by atomic mass is 16.5. The summed E-state index contributed by atoms with van der Waals surface area (Å²) in [5.41, 5.74) is 0. The maximum Gasteiger partial charge on any atom is 0.307 e. The second-order valence-corrected chi connectivity index (χ2v) is 4.54. The zero-order valence-corrected chi connectivity index (χ0v) is 8.47. The van der Waals surface area contributed by atoms with Gasteiger partial charge in [0.2, 0.25) is 0 Å². The lowest BCUT2D eigenvalue weighted by Gasteiger charge is -2.21. The molecule has 0 aromatic rings. The first-order valence-electron chi connectivity index (χ1n) is 5.29. The number of rotatable bonds is 1. The molecule has 0 aromatic carbocycles. The number of carbonyl (C=O) groups excluding carboxylic acids is 2. The van der Waals surface area contributed by atoms with Crippen LogP contribution >= 0.6 is 0 Å². The lowest BCUT2D eigenvalue weighted by Crippen LogP contribution is -2.22. The van der Waals surface area contributed by atoms with Crippen LogP contribution in [-0.4, -0.2) is 11.8 Å². The van der Waals surface area contributed by atoms with Crippen LogP contribution in [0.1, 0.15) is 13.3 Å². The molecule has 0 aromatic heterocycles. The van der Waals surface area contributed by atoms with Crippen molar-refractivity contribution < 1.29 is 14.3 Å². The minimum atomic E-state index is -0.332. The second-order valence-electron chi connectivity index (χ2n) is 4.54. The molecule has 0 radical (unpaired) electrons. The Balaban J connectivity index is 1.93. The fourth-order valence-electron chi connectivity index (χ4n) is 3.19. The largest absolute Gasteiger partial charge is 0.431 e. The Labute approximate surface area is 87.8 Å². The molecule has 2 bridgehead atoms. The van der Waals surface area contributed by atoms with Gasteiger partial charge in [-0.1, -0.05) is 12.2 Å². The van der Waals surface area contributed by atoms with Gasteiger partial charge in [-0.15, -0.1) is 0 Å². The highest BCUT2D eigenvalue weighted by Gasteiger charge is 2.53. The number of ketones is 1. The SMILES string of the molecule is CC(=O)OC1=CC(=O)[C@H]2[C@@H]1[C@H]1C=C[C@@H]2C1. The summed E-state index contributed by atoms with van der Waals surface area (Å²) >= 11 is 0. The normalized spacial score (nSPS) is 40.6. The van der Waals surface area contributed by atoms with Crippen LogP contribution in [0.4, 0.5) is 0 Å². The van der Waals surface area contributed by atoms with Gasteiger partial charge in [-0.3, -0.25) is 9.59 Å². The van der Waals surface area contributed by atoms with Crippen LogP contribution in [0.15, 0.2) is 24.0 Å². The van der Waals surface area contributed by atoms with Crippen molar-refractivity contribution in [1.82, 2.24) is 0 Å². The van der Waals surface area contributed by atoms with Gasteiger partial charge in [-0.05, 0) is 18.3 Å². The molecular weight excluding hydrogens is 192 g/mol. The molecular formula is C12H12O3. The van der Waals surface area contributed by atoms with Crippen molar-refractivity contribution >= 4 is 11.8 Å². The van der Waals surface area contributed by atoms with Crippen LogP contribution in [0.3, 0.4) is 0 Å². The predicted octanol–water partition coefficient (Wildman–Crippen LogP) is 1.45. The van der Waals surface area contributed by atoms with Crippen LogP contribution in [-0.2, 0) is 14.3 Å². The molecule has 0 spiro atoms. The van der Waals surface area contributed by atoms with Gasteiger partial charge in [0.25, 0.3) is 0 Å². The van der Waals surface area contributed by atoms with E-state index in [-0.39, 0.29) is 23.6 Å². The van der Waals surface area contributed by atoms with E-state index >= 15 is 0 Å². The van der Waals surface area contributed by atoms with Crippen molar-refractivity contribution in [2.45, 2.75) is 13.3 Å². The summed E-state index contributed by atoms with van der Waals surface area (Å²) in [4.78, 5) is 22.6. The number of ether oxygens (including phenoxy) is 1.